The molecule has 6 nitrogen and oxygen atoms in total. The molecule has 26 heavy (non-hydrogen) atoms. The monoisotopic (exact) mass is 430 g/mol. The van der Waals surface area contributed by atoms with E-state index in [0.717, 1.165) is 0 Å². The highest BCUT2D eigenvalue weighted by molar-refractivity contribution is 9.10. The number of ether oxygens (including phenoxy) is 1. The summed E-state index contributed by atoms with van der Waals surface area (Å²) >= 11 is 3.24. The van der Waals surface area contributed by atoms with Gasteiger partial charge in [0.05, 0.1) is 18.2 Å². The number of aliphatic hydroxyl groups is 1. The summed E-state index contributed by atoms with van der Waals surface area (Å²) in [6.07, 6.45) is -0.492. The smallest absolute Gasteiger partial charge is 0.410 e. The SMILES string of the molecule is Cc1c(Br)ccc(C(=O)N2CCN(C(=O)OC(C)(C)C)CC2CO)c1F. The van der Waals surface area contributed by atoms with Crippen LogP contribution in [-0.2, 0) is 4.74 Å². The predicted molar refractivity (Wildman–Crippen MR) is 98.6 cm³/mol. The van der Waals surface area contributed by atoms with Crippen molar-refractivity contribution in [1.29, 1.82) is 0 Å². The molecule has 2 amide bonds. The van der Waals surface area contributed by atoms with Gasteiger partial charge in [0.2, 0.25) is 0 Å². The van der Waals surface area contributed by atoms with E-state index in [-0.39, 0.29) is 31.8 Å². The van der Waals surface area contributed by atoms with E-state index in [4.69, 9.17) is 4.74 Å². The van der Waals surface area contributed by atoms with Crippen molar-refractivity contribution in [3.05, 3.63) is 33.5 Å². The third kappa shape index (κ3) is 4.54. The van der Waals surface area contributed by atoms with Crippen LogP contribution in [0.4, 0.5) is 9.18 Å². The fourth-order valence-corrected chi connectivity index (χ4v) is 3.06. The fraction of sp³-hybridized carbons (Fsp3) is 0.556. The molecule has 0 spiro atoms. The molecule has 1 atom stereocenters. The molecule has 1 fully saturated rings. The Hall–Kier alpha value is -1.67. The highest BCUT2D eigenvalue weighted by atomic mass is 79.9. The maximum absolute atomic E-state index is 14.5. The van der Waals surface area contributed by atoms with Crippen molar-refractivity contribution in [2.24, 2.45) is 0 Å². The van der Waals surface area contributed by atoms with Gasteiger partial charge in [-0.3, -0.25) is 4.79 Å². The summed E-state index contributed by atoms with van der Waals surface area (Å²) in [6.45, 7) is 7.15. The molecule has 1 N–H and O–H groups in total. The molecule has 0 saturated carbocycles. The van der Waals surface area contributed by atoms with Crippen LogP contribution in [0.5, 0.6) is 0 Å². The normalized spacial score (nSPS) is 18.0. The number of nitrogens with zero attached hydrogens (tertiary/aromatic N) is 2. The summed E-state index contributed by atoms with van der Waals surface area (Å²) in [5.74, 6) is -1.09. The largest absolute Gasteiger partial charge is 0.444 e. The lowest BCUT2D eigenvalue weighted by molar-refractivity contribution is -0.00255. The van der Waals surface area contributed by atoms with Crippen LogP contribution < -0.4 is 0 Å². The predicted octanol–water partition coefficient (Wildman–Crippen LogP) is 2.95. The van der Waals surface area contributed by atoms with Crippen LogP contribution in [0.2, 0.25) is 0 Å². The first-order chi connectivity index (χ1) is 12.0. The molecule has 1 unspecified atom stereocenters. The minimum Gasteiger partial charge on any atom is -0.444 e. The first-order valence-electron chi connectivity index (χ1n) is 8.39. The average Bonchev–Trinajstić information content (AvgIpc) is 2.57. The Balaban J connectivity index is 2.16. The third-order valence-corrected chi connectivity index (χ3v) is 5.02. The second-order valence-corrected chi connectivity index (χ2v) is 8.15. The van der Waals surface area contributed by atoms with Gasteiger partial charge >= 0.3 is 6.09 Å². The highest BCUT2D eigenvalue weighted by Crippen LogP contribution is 2.24. The van der Waals surface area contributed by atoms with Crippen LogP contribution >= 0.6 is 15.9 Å². The first kappa shape index (κ1) is 20.6. The van der Waals surface area contributed by atoms with Gasteiger partial charge in [-0.05, 0) is 45.4 Å². The number of benzene rings is 1. The second-order valence-electron chi connectivity index (χ2n) is 7.30. The Morgan fingerprint density at radius 3 is 2.58 bits per heavy atom. The maximum Gasteiger partial charge on any atom is 0.410 e. The fourth-order valence-electron chi connectivity index (χ4n) is 2.75. The van der Waals surface area contributed by atoms with Gasteiger partial charge in [0.1, 0.15) is 11.4 Å². The number of hydrogen-bond donors (Lipinski definition) is 1. The van der Waals surface area contributed by atoms with Crippen LogP contribution in [0, 0.1) is 12.7 Å². The molecule has 1 aliphatic heterocycles. The van der Waals surface area contributed by atoms with Gasteiger partial charge in [-0.2, -0.15) is 0 Å². The molecule has 0 bridgehead atoms. The number of carbonyl (C=O) groups is 2. The van der Waals surface area contributed by atoms with Gasteiger partial charge in [-0.25, -0.2) is 9.18 Å². The summed E-state index contributed by atoms with van der Waals surface area (Å²) in [4.78, 5) is 27.9. The number of rotatable bonds is 2. The van der Waals surface area contributed by atoms with Crippen molar-refractivity contribution in [2.75, 3.05) is 26.2 Å². The Labute approximate surface area is 161 Å². The minimum absolute atomic E-state index is 0.0464. The van der Waals surface area contributed by atoms with Gasteiger partial charge in [-0.15, -0.1) is 0 Å². The van der Waals surface area contributed by atoms with Crippen molar-refractivity contribution >= 4 is 27.9 Å². The van der Waals surface area contributed by atoms with Gasteiger partial charge in [0.15, 0.2) is 0 Å². The second kappa shape index (κ2) is 7.92. The van der Waals surface area contributed by atoms with E-state index in [0.29, 0.717) is 10.0 Å². The number of aliphatic hydroxyl groups excluding tert-OH is 1. The number of halogens is 2. The Bertz CT molecular complexity index is 705. The standard InChI is InChI=1S/C18H24BrFN2O4/c1-11-14(19)6-5-13(15(11)20)16(24)22-8-7-21(9-12(22)10-23)17(25)26-18(2,3)4/h5-6,12,23H,7-10H2,1-4H3. The van der Waals surface area contributed by atoms with Crippen LogP contribution in [0.3, 0.4) is 0 Å². The first-order valence-corrected chi connectivity index (χ1v) is 9.18. The van der Waals surface area contributed by atoms with Gasteiger partial charge in [-0.1, -0.05) is 15.9 Å². The summed E-state index contributed by atoms with van der Waals surface area (Å²) in [5, 5.41) is 9.68. The van der Waals surface area contributed by atoms with Crippen molar-refractivity contribution in [3.63, 3.8) is 0 Å². The summed E-state index contributed by atoms with van der Waals surface area (Å²) in [6, 6.07) is 2.42. The molecule has 1 aromatic rings. The quantitative estimate of drug-likeness (QED) is 0.782. The van der Waals surface area contributed by atoms with Crippen molar-refractivity contribution in [3.8, 4) is 0 Å². The molecular formula is C18H24BrFN2O4. The molecule has 8 heteroatoms. The van der Waals surface area contributed by atoms with Crippen molar-refractivity contribution in [1.82, 2.24) is 9.80 Å². The zero-order chi connectivity index (χ0) is 19.6. The van der Waals surface area contributed by atoms with Crippen LogP contribution in [-0.4, -0.2) is 64.8 Å². The van der Waals surface area contributed by atoms with Crippen LogP contribution in [0.15, 0.2) is 16.6 Å². The van der Waals surface area contributed by atoms with Gasteiger partial charge in [0.25, 0.3) is 5.91 Å². The van der Waals surface area contributed by atoms with Gasteiger partial charge in [0, 0.05) is 24.1 Å². The van der Waals surface area contributed by atoms with E-state index in [1.807, 2.05) is 0 Å². The summed E-state index contributed by atoms with van der Waals surface area (Å²) in [5.41, 5.74) is -0.324. The Kier molecular flexibility index (Phi) is 6.29. The molecule has 1 saturated heterocycles. The lowest BCUT2D eigenvalue weighted by Crippen LogP contribution is -2.58. The molecule has 144 valence electrons. The number of carbonyl (C=O) groups excluding carboxylic acids is 2. The zero-order valence-electron chi connectivity index (χ0n) is 15.4. The van der Waals surface area contributed by atoms with E-state index >= 15 is 0 Å². The zero-order valence-corrected chi connectivity index (χ0v) is 17.0. The van der Waals surface area contributed by atoms with E-state index in [2.05, 4.69) is 15.9 Å². The van der Waals surface area contributed by atoms with E-state index in [9.17, 15) is 19.1 Å². The topological polar surface area (TPSA) is 70.1 Å². The summed E-state index contributed by atoms with van der Waals surface area (Å²) in [7, 11) is 0. The maximum atomic E-state index is 14.5. The molecule has 2 rings (SSSR count). The number of hydrogen-bond acceptors (Lipinski definition) is 4. The summed E-state index contributed by atoms with van der Waals surface area (Å²) < 4.78 is 20.4. The highest BCUT2D eigenvalue weighted by Gasteiger charge is 2.35. The molecule has 0 aromatic heterocycles. The molecule has 0 radical (unpaired) electrons. The van der Waals surface area contributed by atoms with E-state index in [1.165, 1.54) is 15.9 Å². The molecule has 1 heterocycles. The van der Waals surface area contributed by atoms with E-state index in [1.54, 1.807) is 33.8 Å². The van der Waals surface area contributed by atoms with Crippen LogP contribution in [0.1, 0.15) is 36.7 Å². The van der Waals surface area contributed by atoms with Crippen molar-refractivity contribution < 1.29 is 23.8 Å². The Morgan fingerprint density at radius 2 is 2.00 bits per heavy atom. The molecular weight excluding hydrogens is 407 g/mol. The number of amides is 2. The van der Waals surface area contributed by atoms with Crippen LogP contribution in [0.25, 0.3) is 0 Å². The van der Waals surface area contributed by atoms with Gasteiger partial charge < -0.3 is 19.6 Å². The van der Waals surface area contributed by atoms with E-state index < -0.39 is 29.5 Å². The lowest BCUT2D eigenvalue weighted by atomic mass is 10.1. The minimum atomic E-state index is -0.628. The lowest BCUT2D eigenvalue weighted by Gasteiger charge is -2.41. The number of piperazine rings is 1. The molecule has 0 aliphatic carbocycles. The molecule has 1 aromatic carbocycles. The third-order valence-electron chi connectivity index (χ3n) is 4.16. The molecule has 1 aliphatic rings. The Morgan fingerprint density at radius 1 is 1.35 bits per heavy atom. The average molecular weight is 431 g/mol. The van der Waals surface area contributed by atoms with Crippen molar-refractivity contribution in [2.45, 2.75) is 39.3 Å².